The van der Waals surface area contributed by atoms with Gasteiger partial charge in [0.05, 0.1) is 17.5 Å². The molecule has 2 fully saturated rings. The third-order valence-electron chi connectivity index (χ3n) is 7.06. The molecule has 5 rings (SSSR count). The van der Waals surface area contributed by atoms with Crippen LogP contribution in [-0.4, -0.2) is 40.3 Å². The largest absolute Gasteiger partial charge is 0.367 e. The fourth-order valence-electron chi connectivity index (χ4n) is 5.50. The number of carbonyl (C=O) groups excluding carboxylic acids is 3. The number of amides is 4. The molecule has 2 atom stereocenters. The van der Waals surface area contributed by atoms with Gasteiger partial charge in [-0.15, -0.1) is 0 Å². The summed E-state index contributed by atoms with van der Waals surface area (Å²) in [6, 6.07) is 12.6. The van der Waals surface area contributed by atoms with E-state index in [2.05, 4.69) is 10.2 Å². The SMILES string of the molecule is O=C1NC(=O)[C@@]2(Cc3cc([N+](=O)[O-])ccc3N3CCCCC[C@@H]32)C(=O)N1Cc1ccccc1. The number of nitro groups is 1. The summed E-state index contributed by atoms with van der Waals surface area (Å²) >= 11 is 0. The highest BCUT2D eigenvalue weighted by Crippen LogP contribution is 2.48. The van der Waals surface area contributed by atoms with Crippen LogP contribution in [0.4, 0.5) is 16.2 Å². The number of non-ortho nitro benzene ring substituents is 1. The summed E-state index contributed by atoms with van der Waals surface area (Å²) in [5, 5.41) is 13.8. The van der Waals surface area contributed by atoms with Gasteiger partial charge in [0, 0.05) is 30.8 Å². The number of nitrogens with one attached hydrogen (secondary N) is 1. The summed E-state index contributed by atoms with van der Waals surface area (Å²) in [6.07, 6.45) is 3.37. The average Bonchev–Trinajstić information content (AvgIpc) is 3.07. The van der Waals surface area contributed by atoms with Crippen LogP contribution < -0.4 is 10.2 Å². The molecule has 9 heteroatoms. The Labute approximate surface area is 190 Å². The summed E-state index contributed by atoms with van der Waals surface area (Å²) in [5.41, 5.74) is 0.577. The van der Waals surface area contributed by atoms with Crippen LogP contribution in [-0.2, 0) is 22.6 Å². The highest BCUT2D eigenvalue weighted by molar-refractivity contribution is 6.20. The van der Waals surface area contributed by atoms with Crippen LogP contribution in [0.3, 0.4) is 0 Å². The van der Waals surface area contributed by atoms with E-state index in [1.54, 1.807) is 6.07 Å². The number of fused-ring (bicyclic) bond motifs is 4. The van der Waals surface area contributed by atoms with Crippen molar-refractivity contribution in [2.24, 2.45) is 5.41 Å². The van der Waals surface area contributed by atoms with Crippen molar-refractivity contribution in [3.63, 3.8) is 0 Å². The highest BCUT2D eigenvalue weighted by atomic mass is 16.6. The van der Waals surface area contributed by atoms with E-state index in [1.807, 2.05) is 30.3 Å². The number of nitrogens with zero attached hydrogens (tertiary/aromatic N) is 3. The molecule has 2 aromatic rings. The van der Waals surface area contributed by atoms with Gasteiger partial charge < -0.3 is 4.90 Å². The molecule has 2 saturated heterocycles. The van der Waals surface area contributed by atoms with Crippen molar-refractivity contribution in [1.29, 1.82) is 0 Å². The quantitative estimate of drug-likeness (QED) is 0.438. The second-order valence-corrected chi connectivity index (χ2v) is 8.91. The molecule has 3 aliphatic rings. The third-order valence-corrected chi connectivity index (χ3v) is 7.06. The number of barbiturate groups is 1. The highest BCUT2D eigenvalue weighted by Gasteiger charge is 2.61. The van der Waals surface area contributed by atoms with Crippen LogP contribution in [0, 0.1) is 15.5 Å². The van der Waals surface area contributed by atoms with Crippen LogP contribution in [0.25, 0.3) is 0 Å². The van der Waals surface area contributed by atoms with Gasteiger partial charge in [0.25, 0.3) is 5.69 Å². The van der Waals surface area contributed by atoms with Crippen LogP contribution in [0.5, 0.6) is 0 Å². The van der Waals surface area contributed by atoms with Crippen LogP contribution in [0.2, 0.25) is 0 Å². The van der Waals surface area contributed by atoms with Crippen molar-refractivity contribution in [3.8, 4) is 0 Å². The zero-order chi connectivity index (χ0) is 23.2. The molecule has 1 N–H and O–H groups in total. The van der Waals surface area contributed by atoms with Gasteiger partial charge in [0.1, 0.15) is 0 Å². The van der Waals surface area contributed by atoms with Gasteiger partial charge in [-0.05, 0) is 30.0 Å². The van der Waals surface area contributed by atoms with Crippen molar-refractivity contribution >= 4 is 29.2 Å². The maximum Gasteiger partial charge on any atom is 0.331 e. The van der Waals surface area contributed by atoms with E-state index in [4.69, 9.17) is 0 Å². The van der Waals surface area contributed by atoms with Crippen molar-refractivity contribution in [3.05, 3.63) is 69.8 Å². The van der Waals surface area contributed by atoms with Crippen molar-refractivity contribution in [2.75, 3.05) is 11.4 Å². The molecule has 33 heavy (non-hydrogen) atoms. The number of nitro benzene ring substituents is 1. The average molecular weight is 448 g/mol. The number of anilines is 1. The summed E-state index contributed by atoms with van der Waals surface area (Å²) in [7, 11) is 0. The van der Waals surface area contributed by atoms with Crippen molar-refractivity contribution in [1.82, 2.24) is 10.2 Å². The molecule has 2 aromatic carbocycles. The summed E-state index contributed by atoms with van der Waals surface area (Å²) in [6.45, 7) is 0.694. The maximum absolute atomic E-state index is 14.0. The van der Waals surface area contributed by atoms with Gasteiger partial charge in [-0.2, -0.15) is 0 Å². The fourth-order valence-corrected chi connectivity index (χ4v) is 5.50. The van der Waals surface area contributed by atoms with Gasteiger partial charge in [0.2, 0.25) is 11.8 Å². The van der Waals surface area contributed by atoms with Crippen LogP contribution in [0.15, 0.2) is 48.5 Å². The smallest absolute Gasteiger partial charge is 0.331 e. The Morgan fingerprint density at radius 1 is 1.06 bits per heavy atom. The number of urea groups is 1. The van der Waals surface area contributed by atoms with E-state index in [-0.39, 0.29) is 18.7 Å². The van der Waals surface area contributed by atoms with E-state index < -0.39 is 34.2 Å². The van der Waals surface area contributed by atoms with E-state index in [0.717, 1.165) is 35.4 Å². The Morgan fingerprint density at radius 2 is 1.85 bits per heavy atom. The van der Waals surface area contributed by atoms with Crippen LogP contribution >= 0.6 is 0 Å². The van der Waals surface area contributed by atoms with Crippen molar-refractivity contribution in [2.45, 2.75) is 44.7 Å². The minimum atomic E-state index is -1.52. The standard InChI is InChI=1S/C24H24N4O5/c29-21-24(22(30)27(23(31)25-21)15-16-7-3-1-4-8-16)14-17-13-18(28(32)33)10-11-19(17)26-12-6-2-5-9-20(24)26/h1,3-4,7-8,10-11,13,20H,2,5-6,9,12,14-15H2,(H,25,29,31)/t20-,24+/m1/s1. The Hall–Kier alpha value is -3.75. The second kappa shape index (κ2) is 7.99. The minimum Gasteiger partial charge on any atom is -0.367 e. The van der Waals surface area contributed by atoms with Gasteiger partial charge >= 0.3 is 6.03 Å². The molecule has 0 aliphatic carbocycles. The minimum absolute atomic E-state index is 0.0222. The predicted octanol–water partition coefficient (Wildman–Crippen LogP) is 3.16. The Balaban J connectivity index is 1.62. The zero-order valence-electron chi connectivity index (χ0n) is 18.0. The lowest BCUT2D eigenvalue weighted by Gasteiger charge is -2.51. The maximum atomic E-state index is 14.0. The molecular formula is C24H24N4O5. The molecule has 0 saturated carbocycles. The summed E-state index contributed by atoms with van der Waals surface area (Å²) in [4.78, 5) is 54.3. The topological polar surface area (TPSA) is 113 Å². The lowest BCUT2D eigenvalue weighted by molar-refractivity contribution is -0.384. The third kappa shape index (κ3) is 3.35. The Kier molecular flexibility index (Phi) is 5.11. The first-order valence-corrected chi connectivity index (χ1v) is 11.2. The molecule has 0 unspecified atom stereocenters. The Morgan fingerprint density at radius 3 is 2.61 bits per heavy atom. The Bertz CT molecular complexity index is 1150. The van der Waals surface area contributed by atoms with E-state index in [1.165, 1.54) is 12.1 Å². The molecular weight excluding hydrogens is 424 g/mol. The number of rotatable bonds is 3. The van der Waals surface area contributed by atoms with Gasteiger partial charge in [-0.1, -0.05) is 43.2 Å². The molecule has 3 heterocycles. The van der Waals surface area contributed by atoms with Crippen LogP contribution in [0.1, 0.15) is 36.8 Å². The normalized spacial score (nSPS) is 24.7. The first-order valence-electron chi connectivity index (χ1n) is 11.2. The lowest BCUT2D eigenvalue weighted by Crippen LogP contribution is -2.71. The van der Waals surface area contributed by atoms with Gasteiger partial charge in [-0.3, -0.25) is 29.9 Å². The molecule has 9 nitrogen and oxygen atoms in total. The number of imide groups is 2. The van der Waals surface area contributed by atoms with Gasteiger partial charge in [-0.25, -0.2) is 4.79 Å². The number of carbonyl (C=O) groups is 3. The summed E-state index contributed by atoms with van der Waals surface area (Å²) in [5.74, 6) is -1.15. The number of hydrogen-bond acceptors (Lipinski definition) is 6. The lowest BCUT2D eigenvalue weighted by atomic mass is 9.67. The monoisotopic (exact) mass is 448 g/mol. The summed E-state index contributed by atoms with van der Waals surface area (Å²) < 4.78 is 0. The number of hydrogen-bond donors (Lipinski definition) is 1. The van der Waals surface area contributed by atoms with Gasteiger partial charge in [0.15, 0.2) is 5.41 Å². The first kappa shape index (κ1) is 21.1. The first-order chi connectivity index (χ1) is 15.9. The molecule has 0 bridgehead atoms. The van der Waals surface area contributed by atoms with E-state index in [9.17, 15) is 24.5 Å². The molecule has 0 radical (unpaired) electrons. The second-order valence-electron chi connectivity index (χ2n) is 8.91. The fraction of sp³-hybridized carbons (Fsp3) is 0.375. The molecule has 1 spiro atoms. The number of benzene rings is 2. The molecule has 4 amide bonds. The molecule has 3 aliphatic heterocycles. The predicted molar refractivity (Wildman–Crippen MR) is 119 cm³/mol. The van der Waals surface area contributed by atoms with E-state index >= 15 is 0 Å². The molecule has 0 aromatic heterocycles. The van der Waals surface area contributed by atoms with E-state index in [0.29, 0.717) is 18.5 Å². The van der Waals surface area contributed by atoms with Crippen molar-refractivity contribution < 1.29 is 19.3 Å². The zero-order valence-corrected chi connectivity index (χ0v) is 18.0. The molecule has 170 valence electrons.